The molecule has 13 nitrogen and oxygen atoms in total. The number of aromatic nitrogens is 3. The summed E-state index contributed by atoms with van der Waals surface area (Å²) < 4.78 is 11.0. The number of carbonyl (C=O) groups excluding carboxylic acids is 2. The van der Waals surface area contributed by atoms with Crippen LogP contribution in [-0.2, 0) is 9.47 Å². The smallest absolute Gasteiger partial charge is 0.323 e. The second kappa shape index (κ2) is 14.2. The lowest BCUT2D eigenvalue weighted by atomic mass is 9.89. The van der Waals surface area contributed by atoms with Crippen molar-refractivity contribution in [3.8, 4) is 11.4 Å². The van der Waals surface area contributed by atoms with E-state index < -0.39 is 0 Å². The Morgan fingerprint density at radius 1 is 0.723 bits per heavy atom. The third kappa shape index (κ3) is 7.32. The van der Waals surface area contributed by atoms with Crippen LogP contribution in [0, 0.1) is 0 Å². The lowest BCUT2D eigenvalue weighted by molar-refractivity contribution is 0.0187. The predicted molar refractivity (Wildman–Crippen MR) is 180 cm³/mol. The quantitative estimate of drug-likeness (QED) is 0.395. The number of hydrogen-bond acceptors (Lipinski definition) is 10. The highest BCUT2D eigenvalue weighted by molar-refractivity contribution is 6.00. The van der Waals surface area contributed by atoms with Crippen LogP contribution in [0.3, 0.4) is 0 Å². The fourth-order valence-electron chi connectivity index (χ4n) is 6.58. The molecule has 7 rings (SSSR count). The molecule has 1 atom stereocenters. The van der Waals surface area contributed by atoms with Gasteiger partial charge in [-0.15, -0.1) is 0 Å². The summed E-state index contributed by atoms with van der Waals surface area (Å²) >= 11 is 0. The second-order valence-electron chi connectivity index (χ2n) is 12.6. The molecule has 3 amide bonds. The SMILES string of the molecule is C[C@@H]1CN(C(=O)c2ccc(NC(=O)Nc3ccc(-c4nc(N5CCOCC5)nc(N5CCOCC5)n4)cc3)cc2)CCN1C1CCC1. The van der Waals surface area contributed by atoms with E-state index in [0.29, 0.717) is 73.2 Å². The van der Waals surface area contributed by atoms with Crippen molar-refractivity contribution < 1.29 is 19.1 Å². The average molecular weight is 642 g/mol. The van der Waals surface area contributed by atoms with E-state index >= 15 is 0 Å². The molecule has 0 spiro atoms. The molecule has 4 fully saturated rings. The maximum absolute atomic E-state index is 13.2. The van der Waals surface area contributed by atoms with Gasteiger partial charge in [0.2, 0.25) is 11.9 Å². The molecule has 4 heterocycles. The first-order valence-corrected chi connectivity index (χ1v) is 16.8. The van der Waals surface area contributed by atoms with Crippen LogP contribution in [0.15, 0.2) is 48.5 Å². The average Bonchev–Trinajstić information content (AvgIpc) is 3.09. The molecular weight excluding hydrogens is 598 g/mol. The van der Waals surface area contributed by atoms with E-state index in [1.165, 1.54) is 19.3 Å². The number of rotatable bonds is 7. The molecule has 4 aliphatic rings. The highest BCUT2D eigenvalue weighted by Gasteiger charge is 2.34. The third-order valence-corrected chi connectivity index (χ3v) is 9.50. The fourth-order valence-corrected chi connectivity index (χ4v) is 6.58. The number of morpholine rings is 2. The van der Waals surface area contributed by atoms with Crippen LogP contribution in [0.2, 0.25) is 0 Å². The molecule has 2 N–H and O–H groups in total. The monoisotopic (exact) mass is 641 g/mol. The summed E-state index contributed by atoms with van der Waals surface area (Å²) in [6.45, 7) is 10.1. The number of piperazine rings is 1. The van der Waals surface area contributed by atoms with Gasteiger partial charge in [0.25, 0.3) is 5.91 Å². The van der Waals surface area contributed by atoms with E-state index in [-0.39, 0.29) is 11.9 Å². The first-order valence-electron chi connectivity index (χ1n) is 16.8. The van der Waals surface area contributed by atoms with E-state index in [9.17, 15) is 9.59 Å². The Kier molecular flexibility index (Phi) is 9.45. The van der Waals surface area contributed by atoms with E-state index in [2.05, 4.69) is 32.3 Å². The van der Waals surface area contributed by atoms with Gasteiger partial charge in [0.05, 0.1) is 26.4 Å². The summed E-state index contributed by atoms with van der Waals surface area (Å²) in [7, 11) is 0. The molecular formula is C34H43N9O4. The van der Waals surface area contributed by atoms with Crippen molar-refractivity contribution in [1.29, 1.82) is 0 Å². The van der Waals surface area contributed by atoms with Gasteiger partial charge in [-0.2, -0.15) is 15.0 Å². The number of ether oxygens (including phenoxy) is 2. The molecule has 1 aliphatic carbocycles. The Bertz CT molecular complexity index is 1500. The van der Waals surface area contributed by atoms with Crippen molar-refractivity contribution >= 4 is 35.2 Å². The minimum Gasteiger partial charge on any atom is -0.378 e. The van der Waals surface area contributed by atoms with Gasteiger partial charge >= 0.3 is 6.03 Å². The minimum absolute atomic E-state index is 0.0357. The van der Waals surface area contributed by atoms with Crippen LogP contribution in [0.4, 0.5) is 28.1 Å². The van der Waals surface area contributed by atoms with Crippen molar-refractivity contribution in [2.75, 3.05) is 92.7 Å². The van der Waals surface area contributed by atoms with E-state index in [4.69, 9.17) is 24.4 Å². The fraction of sp³-hybridized carbons (Fsp3) is 0.500. The van der Waals surface area contributed by atoms with Gasteiger partial charge in [0, 0.05) is 80.4 Å². The predicted octanol–water partition coefficient (Wildman–Crippen LogP) is 3.55. The lowest BCUT2D eigenvalue weighted by Gasteiger charge is -2.47. The normalized spacial score (nSPS) is 20.9. The Labute approximate surface area is 275 Å². The molecule has 1 saturated carbocycles. The molecule has 1 aromatic heterocycles. The Morgan fingerprint density at radius 2 is 1.28 bits per heavy atom. The van der Waals surface area contributed by atoms with E-state index in [1.54, 1.807) is 24.3 Å². The van der Waals surface area contributed by atoms with Crippen molar-refractivity contribution in [1.82, 2.24) is 24.8 Å². The van der Waals surface area contributed by atoms with Gasteiger partial charge < -0.3 is 34.8 Å². The second-order valence-corrected chi connectivity index (χ2v) is 12.6. The molecule has 47 heavy (non-hydrogen) atoms. The van der Waals surface area contributed by atoms with Crippen LogP contribution in [0.5, 0.6) is 0 Å². The largest absolute Gasteiger partial charge is 0.378 e. The van der Waals surface area contributed by atoms with Crippen LogP contribution >= 0.6 is 0 Å². The number of amides is 3. The number of urea groups is 1. The maximum Gasteiger partial charge on any atom is 0.323 e. The lowest BCUT2D eigenvalue weighted by Crippen LogP contribution is -2.58. The Hall–Kier alpha value is -4.33. The summed E-state index contributed by atoms with van der Waals surface area (Å²) in [6, 6.07) is 15.2. The molecule has 3 saturated heterocycles. The number of anilines is 4. The molecule has 3 aliphatic heterocycles. The highest BCUT2D eigenvalue weighted by atomic mass is 16.5. The molecule has 3 aromatic rings. The standard InChI is InChI=1S/C34H43N9O4/c1-24-23-42(13-14-43(24)29-3-2-4-29)31(44)26-7-11-28(12-8-26)36-34(45)35-27-9-5-25(6-10-27)30-37-32(40-15-19-46-20-16-40)39-33(38-30)41-17-21-47-22-18-41/h5-12,24,29H,2-4,13-23H2,1H3,(H2,35,36,45)/t24-/m1/s1. The van der Waals surface area contributed by atoms with Crippen LogP contribution < -0.4 is 20.4 Å². The first kappa shape index (κ1) is 31.3. The number of nitrogens with one attached hydrogen (secondary N) is 2. The molecule has 248 valence electrons. The molecule has 0 unspecified atom stereocenters. The zero-order chi connectivity index (χ0) is 32.2. The zero-order valence-electron chi connectivity index (χ0n) is 26.9. The summed E-state index contributed by atoms with van der Waals surface area (Å²) in [5.74, 6) is 1.88. The van der Waals surface area contributed by atoms with Gasteiger partial charge in [-0.3, -0.25) is 9.69 Å². The zero-order valence-corrected chi connectivity index (χ0v) is 26.9. The van der Waals surface area contributed by atoms with Gasteiger partial charge in [0.1, 0.15) is 0 Å². The van der Waals surface area contributed by atoms with Gasteiger partial charge in [-0.1, -0.05) is 6.42 Å². The minimum atomic E-state index is -0.373. The van der Waals surface area contributed by atoms with Crippen molar-refractivity contribution in [3.05, 3.63) is 54.1 Å². The van der Waals surface area contributed by atoms with Crippen molar-refractivity contribution in [2.24, 2.45) is 0 Å². The summed E-state index contributed by atoms with van der Waals surface area (Å²) in [5, 5.41) is 5.75. The Balaban J connectivity index is 0.963. The third-order valence-electron chi connectivity index (χ3n) is 9.50. The van der Waals surface area contributed by atoms with E-state index in [0.717, 1.165) is 51.4 Å². The van der Waals surface area contributed by atoms with Gasteiger partial charge in [0.15, 0.2) is 5.82 Å². The maximum atomic E-state index is 13.2. The van der Waals surface area contributed by atoms with Crippen LogP contribution in [0.1, 0.15) is 36.5 Å². The molecule has 0 radical (unpaired) electrons. The molecule has 0 bridgehead atoms. The number of hydrogen-bond donors (Lipinski definition) is 2. The summed E-state index contributed by atoms with van der Waals surface area (Å²) in [4.78, 5) is 49.2. The summed E-state index contributed by atoms with van der Waals surface area (Å²) in [5.41, 5.74) is 2.68. The summed E-state index contributed by atoms with van der Waals surface area (Å²) in [6.07, 6.45) is 3.87. The number of nitrogens with zero attached hydrogens (tertiary/aromatic N) is 7. The first-order chi connectivity index (χ1) is 23.0. The van der Waals surface area contributed by atoms with Crippen LogP contribution in [-0.4, -0.2) is 121 Å². The van der Waals surface area contributed by atoms with Gasteiger partial charge in [-0.25, -0.2) is 4.79 Å². The number of carbonyl (C=O) groups is 2. The van der Waals surface area contributed by atoms with Crippen LogP contribution in [0.25, 0.3) is 11.4 Å². The van der Waals surface area contributed by atoms with E-state index in [1.807, 2.05) is 29.2 Å². The van der Waals surface area contributed by atoms with Crippen molar-refractivity contribution in [3.63, 3.8) is 0 Å². The molecule has 2 aromatic carbocycles. The van der Waals surface area contributed by atoms with Gasteiger partial charge in [-0.05, 0) is 68.3 Å². The topological polar surface area (TPSA) is 128 Å². The number of benzene rings is 2. The Morgan fingerprint density at radius 3 is 1.79 bits per heavy atom. The van der Waals surface area contributed by atoms with Crippen molar-refractivity contribution in [2.45, 2.75) is 38.3 Å². The molecule has 13 heteroatoms. The highest BCUT2D eigenvalue weighted by Crippen LogP contribution is 2.29.